The lowest BCUT2D eigenvalue weighted by Crippen LogP contribution is -2.44. The van der Waals surface area contributed by atoms with Gasteiger partial charge in [0, 0.05) is 5.39 Å². The quantitative estimate of drug-likeness (QED) is 0.306. The van der Waals surface area contributed by atoms with Crippen molar-refractivity contribution in [1.82, 2.24) is 4.98 Å². The zero-order valence-electron chi connectivity index (χ0n) is 21.0. The lowest BCUT2D eigenvalue weighted by atomic mass is 9.90. The lowest BCUT2D eigenvalue weighted by molar-refractivity contribution is -0.107. The van der Waals surface area contributed by atoms with Crippen LogP contribution in [0.4, 0.5) is 0 Å². The predicted octanol–water partition coefficient (Wildman–Crippen LogP) is 4.78. The molecule has 7 nitrogen and oxygen atoms in total. The Morgan fingerprint density at radius 3 is 1.94 bits per heavy atom. The van der Waals surface area contributed by atoms with E-state index in [1.165, 1.54) is 0 Å². The number of nitrogens with zero attached hydrogens (tertiary/aromatic N) is 1. The van der Waals surface area contributed by atoms with Crippen molar-refractivity contribution in [2.24, 2.45) is 0 Å². The molecule has 36 heavy (non-hydrogen) atoms. The molecule has 8 heteroatoms. The molecule has 1 aromatic heterocycles. The first-order chi connectivity index (χ1) is 17.0. The molecule has 0 atom stereocenters. The van der Waals surface area contributed by atoms with Gasteiger partial charge in [-0.2, -0.15) is 0 Å². The monoisotopic (exact) mass is 489 g/mol. The minimum atomic E-state index is -1.47. The van der Waals surface area contributed by atoms with Crippen LogP contribution in [0.25, 0.3) is 10.9 Å². The van der Waals surface area contributed by atoms with Gasteiger partial charge in [0.25, 0.3) is 0 Å². The van der Waals surface area contributed by atoms with Gasteiger partial charge in [-0.25, -0.2) is 4.98 Å². The fraction of sp³-hybridized carbons (Fsp3) is 0.250. The molecule has 188 valence electrons. The number of ether oxygens (including phenoxy) is 1. The summed E-state index contributed by atoms with van der Waals surface area (Å²) >= 11 is 0. The number of hydrogen-bond donors (Lipinski definition) is 3. The Hall–Kier alpha value is -3.59. The number of aliphatic hydroxyl groups is 2. The highest BCUT2D eigenvalue weighted by molar-refractivity contribution is 6.36. The van der Waals surface area contributed by atoms with E-state index >= 15 is 0 Å². The Balaban J connectivity index is 0.000000392. The van der Waals surface area contributed by atoms with Gasteiger partial charge in [-0.05, 0) is 63.6 Å². The van der Waals surface area contributed by atoms with E-state index in [1.807, 2.05) is 72.8 Å². The van der Waals surface area contributed by atoms with Crippen LogP contribution in [-0.2, 0) is 6.61 Å². The van der Waals surface area contributed by atoms with E-state index in [0.717, 1.165) is 10.9 Å². The fourth-order valence-electron chi connectivity index (χ4n) is 2.76. The maximum atomic E-state index is 10.0. The van der Waals surface area contributed by atoms with Crippen LogP contribution in [0, 0.1) is 0 Å². The van der Waals surface area contributed by atoms with Crippen LogP contribution >= 0.6 is 0 Å². The number of aromatic nitrogens is 1. The molecule has 3 N–H and O–H groups in total. The number of benzene rings is 3. The van der Waals surface area contributed by atoms with E-state index in [9.17, 15) is 5.02 Å². The highest BCUT2D eigenvalue weighted by Crippen LogP contribution is 2.27. The van der Waals surface area contributed by atoms with Crippen LogP contribution in [-0.4, -0.2) is 38.7 Å². The third-order valence-electron chi connectivity index (χ3n) is 5.59. The molecule has 0 aliphatic carbocycles. The van der Waals surface area contributed by atoms with Crippen LogP contribution in [0.15, 0.2) is 91.0 Å². The van der Waals surface area contributed by atoms with Crippen molar-refractivity contribution in [2.75, 3.05) is 0 Å². The number of pyridine rings is 1. The van der Waals surface area contributed by atoms with Crippen molar-refractivity contribution in [3.05, 3.63) is 96.6 Å². The summed E-state index contributed by atoms with van der Waals surface area (Å²) in [5, 5.41) is 29.2. The lowest BCUT2D eigenvalue weighted by Gasteiger charge is -2.31. The molecule has 4 aromatic rings. The second kappa shape index (κ2) is 11.9. The molecule has 0 spiro atoms. The molecule has 1 heterocycles. The summed E-state index contributed by atoms with van der Waals surface area (Å²) in [6, 6.07) is 28.1. The minimum Gasteiger partial charge on any atom is -0.501 e. The summed E-state index contributed by atoms with van der Waals surface area (Å²) in [5.41, 5.74) is -0.290. The van der Waals surface area contributed by atoms with E-state index in [0.29, 0.717) is 23.6 Å². The molecule has 0 aliphatic heterocycles. The van der Waals surface area contributed by atoms with Crippen molar-refractivity contribution >= 4 is 18.2 Å². The summed E-state index contributed by atoms with van der Waals surface area (Å²) < 4.78 is 16.7. The summed E-state index contributed by atoms with van der Waals surface area (Å²) in [7, 11) is -1.47. The van der Waals surface area contributed by atoms with Gasteiger partial charge in [0.05, 0.1) is 11.2 Å². The van der Waals surface area contributed by atoms with Crippen LogP contribution in [0.5, 0.6) is 17.4 Å². The van der Waals surface area contributed by atoms with Gasteiger partial charge in [-0.3, -0.25) is 0 Å². The first-order valence-electron chi connectivity index (χ1n) is 11.6. The van der Waals surface area contributed by atoms with E-state index < -0.39 is 18.5 Å². The second-order valence-corrected chi connectivity index (χ2v) is 9.23. The van der Waals surface area contributed by atoms with Gasteiger partial charge in [-0.15, -0.1) is 0 Å². The minimum absolute atomic E-state index is 0.242. The normalized spacial score (nSPS) is 11.3. The highest BCUT2D eigenvalue weighted by Gasteiger charge is 2.32. The average molecular weight is 489 g/mol. The number of rotatable bonds is 8. The third-order valence-corrected chi connectivity index (χ3v) is 5.59. The molecular weight excluding hydrogens is 457 g/mol. The summed E-state index contributed by atoms with van der Waals surface area (Å²) in [6.07, 6.45) is 0. The Morgan fingerprint density at radius 2 is 1.33 bits per heavy atom. The fourth-order valence-corrected chi connectivity index (χ4v) is 2.76. The van der Waals surface area contributed by atoms with E-state index in [-0.39, 0.29) is 5.88 Å². The van der Waals surface area contributed by atoms with Crippen molar-refractivity contribution in [2.45, 2.75) is 45.5 Å². The zero-order chi connectivity index (χ0) is 26.2. The molecule has 4 rings (SSSR count). The Kier molecular flexibility index (Phi) is 8.93. The summed E-state index contributed by atoms with van der Waals surface area (Å²) in [6.45, 7) is 6.74. The SMILES string of the molecule is CC(C)(O)C(C)(C)O.OB(Oc1ccccc1)Oc1ccc2cccc(OCc3ccccc3)c2n1. The maximum Gasteiger partial charge on any atom is 0.786 e. The van der Waals surface area contributed by atoms with Crippen LogP contribution < -0.4 is 14.0 Å². The first kappa shape index (κ1) is 27.0. The molecule has 0 fully saturated rings. The maximum absolute atomic E-state index is 10.0. The van der Waals surface area contributed by atoms with Gasteiger partial charge in [0.1, 0.15) is 23.6 Å². The van der Waals surface area contributed by atoms with Crippen molar-refractivity contribution in [3.63, 3.8) is 0 Å². The summed E-state index contributed by atoms with van der Waals surface area (Å²) in [5.74, 6) is 1.39. The van der Waals surface area contributed by atoms with Gasteiger partial charge in [-0.1, -0.05) is 60.7 Å². The molecule has 3 aromatic carbocycles. The molecule has 0 saturated heterocycles. The number of para-hydroxylation sites is 2. The van der Waals surface area contributed by atoms with Crippen LogP contribution in [0.1, 0.15) is 33.3 Å². The van der Waals surface area contributed by atoms with Crippen molar-refractivity contribution in [3.8, 4) is 17.4 Å². The van der Waals surface area contributed by atoms with Gasteiger partial charge in [0.15, 0.2) is 5.88 Å². The van der Waals surface area contributed by atoms with E-state index in [2.05, 4.69) is 4.98 Å². The molecule has 0 bridgehead atoms. The van der Waals surface area contributed by atoms with Crippen molar-refractivity contribution < 1.29 is 29.3 Å². The molecule has 0 amide bonds. The molecule has 0 saturated carbocycles. The van der Waals surface area contributed by atoms with Gasteiger partial charge < -0.3 is 29.3 Å². The summed E-state index contributed by atoms with van der Waals surface area (Å²) in [4.78, 5) is 4.48. The zero-order valence-corrected chi connectivity index (χ0v) is 21.0. The molecule has 0 unspecified atom stereocenters. The topological polar surface area (TPSA) is 101 Å². The van der Waals surface area contributed by atoms with E-state index in [4.69, 9.17) is 24.3 Å². The standard InChI is InChI=1S/C22H18BNO4.C6H14O2/c25-23(27-19-11-5-2-6-12-19)28-21-15-14-18-10-7-13-20(22(18)24-21)26-16-17-8-3-1-4-9-17;1-5(2,7)6(3,4)8/h1-15,25H,16H2;7-8H,1-4H3. The Labute approximate surface area is 212 Å². The van der Waals surface area contributed by atoms with Crippen molar-refractivity contribution in [1.29, 1.82) is 0 Å². The largest absolute Gasteiger partial charge is 0.786 e. The average Bonchev–Trinajstić information content (AvgIpc) is 2.83. The number of hydrogen-bond acceptors (Lipinski definition) is 7. The predicted molar refractivity (Wildman–Crippen MR) is 141 cm³/mol. The Bertz CT molecular complexity index is 1210. The van der Waals surface area contributed by atoms with Gasteiger partial charge >= 0.3 is 7.32 Å². The van der Waals surface area contributed by atoms with Crippen LogP contribution in [0.3, 0.4) is 0 Å². The van der Waals surface area contributed by atoms with Gasteiger partial charge in [0.2, 0.25) is 0 Å². The third kappa shape index (κ3) is 7.98. The molecule has 0 radical (unpaired) electrons. The van der Waals surface area contributed by atoms with E-state index in [1.54, 1.807) is 45.9 Å². The Morgan fingerprint density at radius 1 is 0.722 bits per heavy atom. The number of fused-ring (bicyclic) bond motifs is 1. The highest BCUT2D eigenvalue weighted by atomic mass is 16.7. The molecular formula is C28H32BNO6. The van der Waals surface area contributed by atoms with Crippen LogP contribution in [0.2, 0.25) is 0 Å². The second-order valence-electron chi connectivity index (χ2n) is 9.23. The smallest absolute Gasteiger partial charge is 0.501 e. The molecule has 0 aliphatic rings. The first-order valence-corrected chi connectivity index (χ1v) is 11.6.